The van der Waals surface area contributed by atoms with Crippen molar-refractivity contribution >= 4 is 64.1 Å². The largest absolute Gasteiger partial charge is 0.309 e. The smallest absolute Gasteiger partial charge is 0.0547 e. The minimum atomic E-state index is 1.16. The first kappa shape index (κ1) is 27.2. The van der Waals surface area contributed by atoms with Crippen molar-refractivity contribution in [3.63, 3.8) is 0 Å². The minimum Gasteiger partial charge on any atom is -0.309 e. The maximum atomic E-state index is 2.43. The van der Waals surface area contributed by atoms with Crippen molar-refractivity contribution in [1.29, 1.82) is 0 Å². The van der Waals surface area contributed by atoms with Crippen LogP contribution in [0.5, 0.6) is 0 Å². The van der Waals surface area contributed by atoms with Gasteiger partial charge in [0.15, 0.2) is 0 Å². The Balaban J connectivity index is 1.14. The Morgan fingerprint density at radius 1 is 0.333 bits per heavy atom. The Bertz CT molecular complexity index is 2750. The van der Waals surface area contributed by atoms with Crippen LogP contribution in [-0.4, -0.2) is 4.57 Å². The molecule has 10 aromatic rings. The number of hydrogen-bond acceptors (Lipinski definition) is 1. The second-order valence-electron chi connectivity index (χ2n) is 12.6. The van der Waals surface area contributed by atoms with E-state index in [2.05, 4.69) is 180 Å². The van der Waals surface area contributed by atoms with Crippen LogP contribution in [0.15, 0.2) is 176 Å². The Hall–Kier alpha value is -5.96. The molecule has 2 aromatic heterocycles. The highest BCUT2D eigenvalue weighted by Crippen LogP contribution is 2.42. The molecule has 0 atom stereocenters. The molecule has 48 heavy (non-hydrogen) atoms. The molecule has 8 aromatic carbocycles. The molecule has 2 heterocycles. The number of hydrogen-bond donors (Lipinski definition) is 0. The van der Waals surface area contributed by atoms with Crippen molar-refractivity contribution in [3.8, 4) is 39.1 Å². The SMILES string of the molecule is c1ccc(-c2cc(-c3ccccc3)cc(-c3ccc(-n4c5ccccc5c5cc6c(ccc7sc8ccccc8c76)cc54)cc3)c2)cc1. The summed E-state index contributed by atoms with van der Waals surface area (Å²) >= 11 is 1.88. The maximum absolute atomic E-state index is 2.43. The standard InChI is InChI=1S/C46H29NS/c1-3-11-30(12-4-1)34-25-35(31-13-5-2-6-14-31)27-36(26-34)32-19-22-37(23-20-32)47-42-17-9-7-15-38(42)41-29-40-33(28-43(41)47)21-24-45-46(40)39-16-8-10-18-44(39)48-45/h1-29H. The van der Waals surface area contributed by atoms with Gasteiger partial charge < -0.3 is 4.57 Å². The maximum Gasteiger partial charge on any atom is 0.0547 e. The molecular weight excluding hydrogens is 599 g/mol. The zero-order chi connectivity index (χ0) is 31.6. The zero-order valence-electron chi connectivity index (χ0n) is 26.1. The average Bonchev–Trinajstić information content (AvgIpc) is 3.70. The monoisotopic (exact) mass is 627 g/mol. The molecule has 0 amide bonds. The molecule has 0 aliphatic carbocycles. The Morgan fingerprint density at radius 3 is 1.60 bits per heavy atom. The first-order chi connectivity index (χ1) is 23.8. The van der Waals surface area contributed by atoms with E-state index >= 15 is 0 Å². The molecule has 2 heteroatoms. The van der Waals surface area contributed by atoms with Crippen molar-refractivity contribution in [3.05, 3.63) is 176 Å². The van der Waals surface area contributed by atoms with E-state index in [0.29, 0.717) is 0 Å². The summed E-state index contributed by atoms with van der Waals surface area (Å²) in [5, 5.41) is 7.86. The third-order valence-corrected chi connectivity index (χ3v) is 10.9. The van der Waals surface area contributed by atoms with E-state index in [1.807, 2.05) is 11.3 Å². The predicted molar refractivity (Wildman–Crippen MR) is 207 cm³/mol. The van der Waals surface area contributed by atoms with Gasteiger partial charge >= 0.3 is 0 Å². The van der Waals surface area contributed by atoms with E-state index in [1.54, 1.807) is 0 Å². The Kier molecular flexibility index (Phi) is 6.12. The first-order valence-corrected chi connectivity index (χ1v) is 17.2. The minimum absolute atomic E-state index is 1.16. The number of thiophene rings is 1. The van der Waals surface area contributed by atoms with E-state index in [1.165, 1.54) is 86.1 Å². The lowest BCUT2D eigenvalue weighted by molar-refractivity contribution is 1.18. The molecule has 0 bridgehead atoms. The van der Waals surface area contributed by atoms with E-state index in [-0.39, 0.29) is 0 Å². The highest BCUT2D eigenvalue weighted by molar-refractivity contribution is 7.26. The molecular formula is C46H29NS. The topological polar surface area (TPSA) is 4.93 Å². The molecule has 224 valence electrons. The summed E-state index contributed by atoms with van der Waals surface area (Å²) in [4.78, 5) is 0. The van der Waals surface area contributed by atoms with Gasteiger partial charge in [0.2, 0.25) is 0 Å². The van der Waals surface area contributed by atoms with Crippen molar-refractivity contribution < 1.29 is 0 Å². The van der Waals surface area contributed by atoms with E-state index in [4.69, 9.17) is 0 Å². The van der Waals surface area contributed by atoms with Gasteiger partial charge in [-0.2, -0.15) is 0 Å². The molecule has 1 nitrogen and oxygen atoms in total. The predicted octanol–water partition coefficient (Wildman–Crippen LogP) is 13.3. The first-order valence-electron chi connectivity index (χ1n) is 16.4. The number of aromatic nitrogens is 1. The zero-order valence-corrected chi connectivity index (χ0v) is 26.9. The Labute approximate surface area is 282 Å². The molecule has 0 aliphatic heterocycles. The lowest BCUT2D eigenvalue weighted by Crippen LogP contribution is -1.94. The molecule has 0 fully saturated rings. The van der Waals surface area contributed by atoms with Gasteiger partial charge in [-0.1, -0.05) is 115 Å². The van der Waals surface area contributed by atoms with Gasteiger partial charge in [-0.3, -0.25) is 0 Å². The summed E-state index contributed by atoms with van der Waals surface area (Å²) in [7, 11) is 0. The molecule has 0 saturated carbocycles. The van der Waals surface area contributed by atoms with Crippen LogP contribution in [0.2, 0.25) is 0 Å². The fourth-order valence-electron chi connectivity index (χ4n) is 7.48. The van der Waals surface area contributed by atoms with Crippen molar-refractivity contribution in [2.75, 3.05) is 0 Å². The third-order valence-electron chi connectivity index (χ3n) is 9.76. The Morgan fingerprint density at radius 2 is 0.917 bits per heavy atom. The molecule has 0 unspecified atom stereocenters. The van der Waals surface area contributed by atoms with Crippen LogP contribution in [0.3, 0.4) is 0 Å². The molecule has 0 radical (unpaired) electrons. The summed E-state index contributed by atoms with van der Waals surface area (Å²) in [5.74, 6) is 0. The van der Waals surface area contributed by atoms with Crippen LogP contribution in [0.4, 0.5) is 0 Å². The lowest BCUT2D eigenvalue weighted by atomic mass is 9.93. The molecule has 0 aliphatic rings. The quantitative estimate of drug-likeness (QED) is 0.183. The van der Waals surface area contributed by atoms with Gasteiger partial charge in [-0.15, -0.1) is 11.3 Å². The number of benzene rings is 8. The van der Waals surface area contributed by atoms with Crippen LogP contribution in [-0.2, 0) is 0 Å². The highest BCUT2D eigenvalue weighted by atomic mass is 32.1. The summed E-state index contributed by atoms with van der Waals surface area (Å²) < 4.78 is 5.11. The molecule has 0 N–H and O–H groups in total. The second kappa shape index (κ2) is 10.8. The van der Waals surface area contributed by atoms with Crippen molar-refractivity contribution in [2.45, 2.75) is 0 Å². The van der Waals surface area contributed by atoms with Crippen molar-refractivity contribution in [1.82, 2.24) is 4.57 Å². The van der Waals surface area contributed by atoms with E-state index in [9.17, 15) is 0 Å². The summed E-state index contributed by atoms with van der Waals surface area (Å²) in [6, 6.07) is 64.4. The summed E-state index contributed by atoms with van der Waals surface area (Å²) in [6.45, 7) is 0. The molecule has 0 saturated heterocycles. The highest BCUT2D eigenvalue weighted by Gasteiger charge is 2.16. The summed E-state index contributed by atoms with van der Waals surface area (Å²) in [6.07, 6.45) is 0. The van der Waals surface area contributed by atoms with Crippen LogP contribution < -0.4 is 0 Å². The number of para-hydroxylation sites is 1. The van der Waals surface area contributed by atoms with Crippen LogP contribution >= 0.6 is 11.3 Å². The van der Waals surface area contributed by atoms with E-state index in [0.717, 1.165) is 5.69 Å². The van der Waals surface area contributed by atoms with Gasteiger partial charge in [0.05, 0.1) is 11.0 Å². The van der Waals surface area contributed by atoms with Gasteiger partial charge in [0.25, 0.3) is 0 Å². The number of fused-ring (bicyclic) bond motifs is 8. The van der Waals surface area contributed by atoms with E-state index < -0.39 is 0 Å². The van der Waals surface area contributed by atoms with Crippen LogP contribution in [0.1, 0.15) is 0 Å². The van der Waals surface area contributed by atoms with Crippen LogP contribution in [0.25, 0.3) is 91.8 Å². The number of nitrogens with zero attached hydrogens (tertiary/aromatic N) is 1. The van der Waals surface area contributed by atoms with Gasteiger partial charge in [-0.25, -0.2) is 0 Å². The fraction of sp³-hybridized carbons (Fsp3) is 0. The second-order valence-corrected chi connectivity index (χ2v) is 13.6. The fourth-order valence-corrected chi connectivity index (χ4v) is 8.60. The number of rotatable bonds is 4. The normalized spacial score (nSPS) is 11.8. The van der Waals surface area contributed by atoms with Crippen LogP contribution in [0, 0.1) is 0 Å². The average molecular weight is 628 g/mol. The third kappa shape index (κ3) is 4.31. The van der Waals surface area contributed by atoms with Gasteiger partial charge in [-0.05, 0) is 105 Å². The molecule has 0 spiro atoms. The van der Waals surface area contributed by atoms with Gasteiger partial charge in [0, 0.05) is 36.6 Å². The summed E-state index contributed by atoms with van der Waals surface area (Å²) in [5.41, 5.74) is 10.9. The molecule has 10 rings (SSSR count). The lowest BCUT2D eigenvalue weighted by Gasteiger charge is -2.13. The van der Waals surface area contributed by atoms with Crippen molar-refractivity contribution in [2.24, 2.45) is 0 Å². The van der Waals surface area contributed by atoms with Gasteiger partial charge in [0.1, 0.15) is 0 Å².